The van der Waals surface area contributed by atoms with Crippen molar-refractivity contribution in [2.75, 3.05) is 5.43 Å². The van der Waals surface area contributed by atoms with E-state index in [-0.39, 0.29) is 11.6 Å². The molecule has 124 valence electrons. The van der Waals surface area contributed by atoms with Gasteiger partial charge in [0, 0.05) is 23.4 Å². The Hall–Kier alpha value is -2.38. The Morgan fingerprint density at radius 1 is 1.21 bits per heavy atom. The van der Waals surface area contributed by atoms with Crippen molar-refractivity contribution in [1.29, 1.82) is 0 Å². The first-order chi connectivity index (χ1) is 11.5. The van der Waals surface area contributed by atoms with Crippen LogP contribution in [-0.4, -0.2) is 27.0 Å². The number of allylic oxidation sites excluding steroid dienone is 1. The molecule has 1 aliphatic rings. The van der Waals surface area contributed by atoms with Gasteiger partial charge in [-0.2, -0.15) is 4.37 Å². The van der Waals surface area contributed by atoms with Gasteiger partial charge in [0.2, 0.25) is 5.13 Å². The molecule has 0 radical (unpaired) electrons. The summed E-state index contributed by atoms with van der Waals surface area (Å²) in [7, 11) is 0. The average molecular weight is 342 g/mol. The van der Waals surface area contributed by atoms with Crippen LogP contribution in [0.2, 0.25) is 0 Å². The lowest BCUT2D eigenvalue weighted by molar-refractivity contribution is -0.133. The lowest BCUT2D eigenvalue weighted by atomic mass is 9.78. The molecular weight excluding hydrogens is 324 g/mol. The second-order valence-corrected chi connectivity index (χ2v) is 6.95. The fourth-order valence-electron chi connectivity index (χ4n) is 2.40. The minimum absolute atomic E-state index is 0.170. The minimum atomic E-state index is -0.911. The second-order valence-electron chi connectivity index (χ2n) is 6.20. The molecule has 1 aromatic heterocycles. The zero-order chi connectivity index (χ0) is 17.2. The molecule has 0 spiro atoms. The van der Waals surface area contributed by atoms with Crippen LogP contribution in [0.4, 0.5) is 5.13 Å². The van der Waals surface area contributed by atoms with Crippen LogP contribution in [0, 0.1) is 5.41 Å². The van der Waals surface area contributed by atoms with Gasteiger partial charge in [0.05, 0.1) is 0 Å². The van der Waals surface area contributed by atoms with Gasteiger partial charge < -0.3 is 0 Å². The number of Topliss-reactive ketones (excluding diaryl/α,β-unsaturated/α-hetero) is 1. The van der Waals surface area contributed by atoms with E-state index < -0.39 is 11.5 Å². The molecule has 0 amide bonds. The van der Waals surface area contributed by atoms with E-state index in [4.69, 9.17) is 0 Å². The van der Waals surface area contributed by atoms with Crippen LogP contribution in [0.1, 0.15) is 25.2 Å². The van der Waals surface area contributed by atoms with Gasteiger partial charge in [-0.1, -0.05) is 36.4 Å². The maximum absolute atomic E-state index is 12.3. The summed E-state index contributed by atoms with van der Waals surface area (Å²) in [5.41, 5.74) is 6.08. The Morgan fingerprint density at radius 2 is 1.96 bits per heavy atom. The standard InChI is InChI=1S/C17H18N4O2S/c1-17(2)9-8-12(22)14(15(17)23)19-20-16-18-13(21-24-16)10-11-6-4-3-5-7-11/h3-9,14,19H,10H2,1-2H3,(H,18,20,21). The van der Waals surface area contributed by atoms with Gasteiger partial charge in [-0.25, -0.2) is 10.4 Å². The maximum atomic E-state index is 12.3. The van der Waals surface area contributed by atoms with E-state index in [2.05, 4.69) is 20.2 Å². The van der Waals surface area contributed by atoms with Crippen molar-refractivity contribution in [2.45, 2.75) is 26.3 Å². The molecule has 1 heterocycles. The van der Waals surface area contributed by atoms with Crippen molar-refractivity contribution in [3.05, 3.63) is 53.9 Å². The van der Waals surface area contributed by atoms with Crippen LogP contribution in [0.15, 0.2) is 42.5 Å². The van der Waals surface area contributed by atoms with E-state index in [9.17, 15) is 9.59 Å². The van der Waals surface area contributed by atoms with Gasteiger partial charge in [-0.15, -0.1) is 0 Å². The predicted molar refractivity (Wildman–Crippen MR) is 92.6 cm³/mol. The van der Waals surface area contributed by atoms with E-state index in [1.165, 1.54) is 17.6 Å². The number of anilines is 1. The molecule has 1 aliphatic carbocycles. The number of aromatic nitrogens is 2. The lowest BCUT2D eigenvalue weighted by Gasteiger charge is -2.28. The Balaban J connectivity index is 1.62. The summed E-state index contributed by atoms with van der Waals surface area (Å²) in [5, 5.41) is 0.522. The zero-order valence-electron chi connectivity index (χ0n) is 13.4. The number of nitrogens with one attached hydrogen (secondary N) is 2. The number of hydrazine groups is 1. The van der Waals surface area contributed by atoms with Crippen molar-refractivity contribution in [3.8, 4) is 0 Å². The van der Waals surface area contributed by atoms with Crippen LogP contribution in [0.3, 0.4) is 0 Å². The number of rotatable bonds is 5. The quantitative estimate of drug-likeness (QED) is 0.640. The van der Waals surface area contributed by atoms with Gasteiger partial charge in [0.15, 0.2) is 11.6 Å². The zero-order valence-corrected chi connectivity index (χ0v) is 14.3. The summed E-state index contributed by atoms with van der Waals surface area (Å²) >= 11 is 1.18. The molecular formula is C17H18N4O2S. The summed E-state index contributed by atoms with van der Waals surface area (Å²) in [6.45, 7) is 3.58. The summed E-state index contributed by atoms with van der Waals surface area (Å²) < 4.78 is 4.29. The first-order valence-electron chi connectivity index (χ1n) is 7.61. The fraction of sp³-hybridized carbons (Fsp3) is 0.294. The monoisotopic (exact) mass is 342 g/mol. The van der Waals surface area contributed by atoms with Crippen LogP contribution < -0.4 is 10.9 Å². The van der Waals surface area contributed by atoms with Crippen LogP contribution >= 0.6 is 11.5 Å². The SMILES string of the molecule is CC1(C)C=CC(=O)C(NNc2nc(Cc3ccccc3)ns2)C1=O. The average Bonchev–Trinajstić information content (AvgIpc) is 3.00. The van der Waals surface area contributed by atoms with Crippen molar-refractivity contribution in [1.82, 2.24) is 14.8 Å². The van der Waals surface area contributed by atoms with Gasteiger partial charge >= 0.3 is 0 Å². The van der Waals surface area contributed by atoms with E-state index in [0.29, 0.717) is 17.4 Å². The molecule has 0 fully saturated rings. The summed E-state index contributed by atoms with van der Waals surface area (Å²) in [4.78, 5) is 28.6. The smallest absolute Gasteiger partial charge is 0.217 e. The van der Waals surface area contributed by atoms with Crippen molar-refractivity contribution >= 4 is 28.2 Å². The van der Waals surface area contributed by atoms with Gasteiger partial charge in [0.1, 0.15) is 11.9 Å². The first kappa shape index (κ1) is 16.5. The molecule has 0 saturated carbocycles. The van der Waals surface area contributed by atoms with E-state index in [1.807, 2.05) is 30.3 Å². The second kappa shape index (κ2) is 6.62. The maximum Gasteiger partial charge on any atom is 0.217 e. The first-order valence-corrected chi connectivity index (χ1v) is 8.38. The highest BCUT2D eigenvalue weighted by Crippen LogP contribution is 2.25. The number of carbonyl (C=O) groups excluding carboxylic acids is 2. The number of hydrogen-bond acceptors (Lipinski definition) is 7. The Kier molecular flexibility index (Phi) is 4.55. The highest BCUT2D eigenvalue weighted by atomic mass is 32.1. The summed E-state index contributed by atoms with van der Waals surface area (Å²) in [6, 6.07) is 9.02. The van der Waals surface area contributed by atoms with Crippen LogP contribution in [0.5, 0.6) is 0 Å². The van der Waals surface area contributed by atoms with E-state index in [0.717, 1.165) is 5.56 Å². The molecule has 6 nitrogen and oxygen atoms in total. The molecule has 1 unspecified atom stereocenters. The Morgan fingerprint density at radius 3 is 2.71 bits per heavy atom. The molecule has 0 aliphatic heterocycles. The molecule has 2 aromatic rings. The molecule has 1 atom stereocenters. The number of nitrogens with zero attached hydrogens (tertiary/aromatic N) is 2. The third kappa shape index (κ3) is 3.58. The highest BCUT2D eigenvalue weighted by Gasteiger charge is 2.38. The lowest BCUT2D eigenvalue weighted by Crippen LogP contribution is -2.52. The van der Waals surface area contributed by atoms with Gasteiger partial charge in [-0.3, -0.25) is 15.0 Å². The van der Waals surface area contributed by atoms with E-state index >= 15 is 0 Å². The van der Waals surface area contributed by atoms with Crippen molar-refractivity contribution in [3.63, 3.8) is 0 Å². The minimum Gasteiger partial charge on any atom is -0.296 e. The largest absolute Gasteiger partial charge is 0.296 e. The normalized spacial score (nSPS) is 19.5. The van der Waals surface area contributed by atoms with Crippen molar-refractivity contribution < 1.29 is 9.59 Å². The third-order valence-corrected chi connectivity index (χ3v) is 4.51. The number of carbonyl (C=O) groups is 2. The number of hydrogen-bond donors (Lipinski definition) is 2. The topological polar surface area (TPSA) is 84.0 Å². The van der Waals surface area contributed by atoms with Gasteiger partial charge in [-0.05, 0) is 25.5 Å². The fourth-order valence-corrected chi connectivity index (χ4v) is 2.94. The molecule has 7 heteroatoms. The molecule has 3 rings (SSSR count). The molecule has 0 saturated heterocycles. The van der Waals surface area contributed by atoms with E-state index in [1.54, 1.807) is 19.9 Å². The number of ketones is 2. The van der Waals surface area contributed by atoms with Crippen LogP contribution in [-0.2, 0) is 16.0 Å². The third-order valence-electron chi connectivity index (χ3n) is 3.84. The predicted octanol–water partition coefficient (Wildman–Crippen LogP) is 2.15. The summed E-state index contributed by atoms with van der Waals surface area (Å²) in [6.07, 6.45) is 3.72. The Labute approximate surface area is 144 Å². The molecule has 24 heavy (non-hydrogen) atoms. The highest BCUT2D eigenvalue weighted by molar-refractivity contribution is 7.09. The molecule has 2 N–H and O–H groups in total. The van der Waals surface area contributed by atoms with Crippen LogP contribution in [0.25, 0.3) is 0 Å². The van der Waals surface area contributed by atoms with Crippen molar-refractivity contribution in [2.24, 2.45) is 5.41 Å². The molecule has 1 aromatic carbocycles. The number of benzene rings is 1. The molecule has 0 bridgehead atoms. The van der Waals surface area contributed by atoms with Gasteiger partial charge in [0.25, 0.3) is 0 Å². The summed E-state index contributed by atoms with van der Waals surface area (Å²) in [5.74, 6) is 0.259. The Bertz CT molecular complexity index is 783.